The molecule has 20 heavy (non-hydrogen) atoms. The zero-order chi connectivity index (χ0) is 14.8. The minimum Gasteiger partial charge on any atom is -0.378 e. The van der Waals surface area contributed by atoms with Crippen LogP contribution in [0.2, 0.25) is 0 Å². The molecule has 1 saturated carbocycles. The molecule has 0 aromatic heterocycles. The standard InChI is InChI=1S/C16H33N3O/c1-18(2)16(19(3)4)17-13-9-6-10-14-20-15-11-7-5-8-12-15/h15H,5-14H2,1-4H3. The largest absolute Gasteiger partial charge is 0.378 e. The molecule has 0 bridgehead atoms. The van der Waals surface area contributed by atoms with E-state index >= 15 is 0 Å². The third kappa shape index (κ3) is 7.13. The summed E-state index contributed by atoms with van der Waals surface area (Å²) < 4.78 is 5.93. The zero-order valence-electron chi connectivity index (χ0n) is 13.9. The molecule has 0 spiro atoms. The maximum Gasteiger partial charge on any atom is 0.195 e. The van der Waals surface area contributed by atoms with Crippen LogP contribution < -0.4 is 0 Å². The van der Waals surface area contributed by atoms with Gasteiger partial charge in [-0.1, -0.05) is 19.3 Å². The summed E-state index contributed by atoms with van der Waals surface area (Å²) in [7, 11) is 8.15. The van der Waals surface area contributed by atoms with Crippen LogP contribution in [0.15, 0.2) is 4.99 Å². The Morgan fingerprint density at radius 3 is 2.20 bits per heavy atom. The molecular formula is C16H33N3O. The Bertz CT molecular complexity index is 261. The van der Waals surface area contributed by atoms with E-state index in [1.807, 2.05) is 28.2 Å². The van der Waals surface area contributed by atoms with E-state index in [2.05, 4.69) is 14.8 Å². The van der Waals surface area contributed by atoms with Gasteiger partial charge in [-0.15, -0.1) is 0 Å². The highest BCUT2D eigenvalue weighted by Crippen LogP contribution is 2.20. The second-order valence-corrected chi connectivity index (χ2v) is 6.16. The molecule has 0 saturated heterocycles. The molecule has 0 aliphatic heterocycles. The van der Waals surface area contributed by atoms with Crippen LogP contribution in [-0.2, 0) is 4.74 Å². The number of nitrogens with zero attached hydrogens (tertiary/aromatic N) is 3. The summed E-state index contributed by atoms with van der Waals surface area (Å²) in [5.41, 5.74) is 0. The lowest BCUT2D eigenvalue weighted by atomic mass is 9.98. The number of aliphatic imine (C=N–C) groups is 1. The maximum absolute atomic E-state index is 5.93. The van der Waals surface area contributed by atoms with Gasteiger partial charge in [0.25, 0.3) is 0 Å². The van der Waals surface area contributed by atoms with Crippen LogP contribution >= 0.6 is 0 Å². The first-order valence-corrected chi connectivity index (χ1v) is 8.12. The molecule has 0 aromatic rings. The van der Waals surface area contributed by atoms with Crippen LogP contribution in [-0.4, -0.2) is 63.2 Å². The lowest BCUT2D eigenvalue weighted by Crippen LogP contribution is -2.35. The number of unbranched alkanes of at least 4 members (excludes halogenated alkanes) is 2. The number of guanidine groups is 1. The topological polar surface area (TPSA) is 28.1 Å². The lowest BCUT2D eigenvalue weighted by Gasteiger charge is -2.22. The van der Waals surface area contributed by atoms with Gasteiger partial charge in [-0.2, -0.15) is 0 Å². The minimum absolute atomic E-state index is 0.552. The Balaban J connectivity index is 2.02. The van der Waals surface area contributed by atoms with Gasteiger partial charge in [0.2, 0.25) is 0 Å². The van der Waals surface area contributed by atoms with Gasteiger partial charge in [-0.05, 0) is 32.1 Å². The Morgan fingerprint density at radius 2 is 1.60 bits per heavy atom. The predicted molar refractivity (Wildman–Crippen MR) is 86.4 cm³/mol. The highest BCUT2D eigenvalue weighted by Gasteiger charge is 2.12. The van der Waals surface area contributed by atoms with Gasteiger partial charge >= 0.3 is 0 Å². The summed E-state index contributed by atoms with van der Waals surface area (Å²) >= 11 is 0. The predicted octanol–water partition coefficient (Wildman–Crippen LogP) is 2.99. The van der Waals surface area contributed by atoms with E-state index in [1.165, 1.54) is 44.9 Å². The molecule has 118 valence electrons. The van der Waals surface area contributed by atoms with Crippen LogP contribution in [0.1, 0.15) is 51.4 Å². The van der Waals surface area contributed by atoms with Gasteiger partial charge in [-0.3, -0.25) is 4.99 Å². The van der Waals surface area contributed by atoms with Gasteiger partial charge in [0.05, 0.1) is 6.10 Å². The summed E-state index contributed by atoms with van der Waals surface area (Å²) in [6, 6.07) is 0. The Morgan fingerprint density at radius 1 is 0.950 bits per heavy atom. The summed E-state index contributed by atoms with van der Waals surface area (Å²) in [6.07, 6.45) is 10.8. The smallest absolute Gasteiger partial charge is 0.195 e. The molecule has 4 nitrogen and oxygen atoms in total. The van der Waals surface area contributed by atoms with Gasteiger partial charge in [0, 0.05) is 41.3 Å². The molecule has 0 unspecified atom stereocenters. The van der Waals surface area contributed by atoms with Crippen molar-refractivity contribution in [3.8, 4) is 0 Å². The molecule has 0 amide bonds. The number of hydrogen-bond acceptors (Lipinski definition) is 2. The molecule has 1 fully saturated rings. The molecule has 4 heteroatoms. The Hall–Kier alpha value is -0.770. The average molecular weight is 283 g/mol. The van der Waals surface area contributed by atoms with Gasteiger partial charge in [0.1, 0.15) is 0 Å². The van der Waals surface area contributed by atoms with E-state index in [-0.39, 0.29) is 0 Å². The molecule has 0 heterocycles. The number of hydrogen-bond donors (Lipinski definition) is 0. The zero-order valence-corrected chi connectivity index (χ0v) is 13.9. The Labute approximate surface area is 125 Å². The minimum atomic E-state index is 0.552. The first kappa shape index (κ1) is 17.3. The second-order valence-electron chi connectivity index (χ2n) is 6.16. The summed E-state index contributed by atoms with van der Waals surface area (Å²) in [6.45, 7) is 1.84. The summed E-state index contributed by atoms with van der Waals surface area (Å²) in [5, 5.41) is 0. The van der Waals surface area contributed by atoms with Crippen LogP contribution in [0, 0.1) is 0 Å². The van der Waals surface area contributed by atoms with Crippen molar-refractivity contribution in [3.63, 3.8) is 0 Å². The van der Waals surface area contributed by atoms with Crippen LogP contribution in [0.4, 0.5) is 0 Å². The monoisotopic (exact) mass is 283 g/mol. The molecule has 0 atom stereocenters. The second kappa shape index (κ2) is 10.0. The van der Waals surface area contributed by atoms with Crippen molar-refractivity contribution in [2.45, 2.75) is 57.5 Å². The van der Waals surface area contributed by atoms with Gasteiger partial charge < -0.3 is 14.5 Å². The third-order valence-corrected chi connectivity index (χ3v) is 3.76. The van der Waals surface area contributed by atoms with Crippen molar-refractivity contribution < 1.29 is 4.74 Å². The fraction of sp³-hybridized carbons (Fsp3) is 0.938. The fourth-order valence-corrected chi connectivity index (χ4v) is 2.73. The SMILES string of the molecule is CN(C)C(=NCCCCCOC1CCCCC1)N(C)C. The van der Waals surface area contributed by atoms with Gasteiger partial charge in [0.15, 0.2) is 5.96 Å². The molecule has 0 radical (unpaired) electrons. The van der Waals surface area contributed by atoms with Crippen molar-refractivity contribution >= 4 is 5.96 Å². The quantitative estimate of drug-likeness (QED) is 0.408. The van der Waals surface area contributed by atoms with Crippen molar-refractivity contribution in [2.75, 3.05) is 41.3 Å². The van der Waals surface area contributed by atoms with Crippen molar-refractivity contribution in [1.82, 2.24) is 9.80 Å². The van der Waals surface area contributed by atoms with Gasteiger partial charge in [-0.25, -0.2) is 0 Å². The highest BCUT2D eigenvalue weighted by atomic mass is 16.5. The van der Waals surface area contributed by atoms with Crippen LogP contribution in [0.25, 0.3) is 0 Å². The lowest BCUT2D eigenvalue weighted by molar-refractivity contribution is 0.0264. The van der Waals surface area contributed by atoms with E-state index in [9.17, 15) is 0 Å². The van der Waals surface area contributed by atoms with Crippen molar-refractivity contribution in [1.29, 1.82) is 0 Å². The average Bonchev–Trinajstić information content (AvgIpc) is 2.42. The highest BCUT2D eigenvalue weighted by molar-refractivity contribution is 5.79. The van der Waals surface area contributed by atoms with E-state index in [1.54, 1.807) is 0 Å². The van der Waals surface area contributed by atoms with Crippen molar-refractivity contribution in [2.24, 2.45) is 4.99 Å². The number of rotatable bonds is 7. The summed E-state index contributed by atoms with van der Waals surface area (Å²) in [5.74, 6) is 1.04. The molecule has 0 N–H and O–H groups in total. The van der Waals surface area contributed by atoms with Crippen LogP contribution in [0.3, 0.4) is 0 Å². The fourth-order valence-electron chi connectivity index (χ4n) is 2.73. The molecule has 1 aliphatic carbocycles. The molecular weight excluding hydrogens is 250 g/mol. The normalized spacial score (nSPS) is 16.0. The first-order chi connectivity index (χ1) is 9.61. The maximum atomic E-state index is 5.93. The molecule has 0 aromatic carbocycles. The van der Waals surface area contributed by atoms with Crippen molar-refractivity contribution in [3.05, 3.63) is 0 Å². The number of ether oxygens (including phenoxy) is 1. The Kier molecular flexibility index (Phi) is 8.67. The molecule has 1 aliphatic rings. The van der Waals surface area contributed by atoms with E-state index in [0.717, 1.165) is 25.5 Å². The van der Waals surface area contributed by atoms with Crippen LogP contribution in [0.5, 0.6) is 0 Å². The molecule has 1 rings (SSSR count). The van der Waals surface area contributed by atoms with E-state index < -0.39 is 0 Å². The van der Waals surface area contributed by atoms with E-state index in [0.29, 0.717) is 6.10 Å². The first-order valence-electron chi connectivity index (χ1n) is 8.12. The van der Waals surface area contributed by atoms with E-state index in [4.69, 9.17) is 4.74 Å². The third-order valence-electron chi connectivity index (χ3n) is 3.76. The summed E-state index contributed by atoms with van der Waals surface area (Å²) in [4.78, 5) is 8.76.